The zero-order valence-electron chi connectivity index (χ0n) is 15.6. The monoisotopic (exact) mass is 462 g/mol. The molecule has 2 unspecified atom stereocenters. The van der Waals surface area contributed by atoms with Crippen molar-refractivity contribution in [3.8, 4) is 0 Å². The second-order valence-corrected chi connectivity index (χ2v) is 9.96. The van der Waals surface area contributed by atoms with E-state index in [4.69, 9.17) is 11.6 Å². The predicted molar refractivity (Wildman–Crippen MR) is 115 cm³/mol. The number of hydrogen-bond donors (Lipinski definition) is 1. The normalized spacial score (nSPS) is 22.7. The zero-order valence-corrected chi connectivity index (χ0v) is 18.0. The number of thiophene rings is 1. The molecule has 0 spiro atoms. The fourth-order valence-electron chi connectivity index (χ4n) is 4.61. The Morgan fingerprint density at radius 1 is 1.33 bits per heavy atom. The standard InChI is InChI=1S/C19H16ClFN6OS2/c20-18-23-6-12(21)15(24-18)26-7-10-9(11(10)8-26)1-2-22-16(28)14-5-13-17(30-14)25-19-27(13)3-4-29-19/h3-6,9-11H,1-2,7-8H2,(H,22,28). The summed E-state index contributed by atoms with van der Waals surface area (Å²) < 4.78 is 16.0. The fourth-order valence-corrected chi connectivity index (χ4v) is 6.45. The number of imidazole rings is 1. The highest BCUT2D eigenvalue weighted by Gasteiger charge is 2.55. The summed E-state index contributed by atoms with van der Waals surface area (Å²) in [5, 5.41) is 5.09. The number of amides is 1. The molecule has 11 heteroatoms. The van der Waals surface area contributed by atoms with Gasteiger partial charge in [0, 0.05) is 31.2 Å². The summed E-state index contributed by atoms with van der Waals surface area (Å²) in [5.74, 6) is 1.41. The molecular formula is C19H16ClFN6OS2. The Bertz CT molecular complexity index is 1270. The molecule has 0 radical (unpaired) electrons. The lowest BCUT2D eigenvalue weighted by atomic mass is 10.2. The van der Waals surface area contributed by atoms with Gasteiger partial charge in [-0.3, -0.25) is 9.20 Å². The van der Waals surface area contributed by atoms with Gasteiger partial charge in [0.1, 0.15) is 4.83 Å². The molecule has 2 aliphatic rings. The molecule has 1 saturated heterocycles. The third-order valence-corrected chi connectivity index (χ3v) is 8.05. The summed E-state index contributed by atoms with van der Waals surface area (Å²) in [4.78, 5) is 29.2. The van der Waals surface area contributed by atoms with Crippen LogP contribution in [0.25, 0.3) is 15.3 Å². The first-order valence-electron chi connectivity index (χ1n) is 9.65. The second kappa shape index (κ2) is 6.86. The first kappa shape index (κ1) is 18.5. The van der Waals surface area contributed by atoms with E-state index in [2.05, 4.69) is 20.3 Å². The Morgan fingerprint density at radius 2 is 2.17 bits per heavy atom. The van der Waals surface area contributed by atoms with Crippen LogP contribution in [0.1, 0.15) is 16.1 Å². The average Bonchev–Trinajstić information content (AvgIpc) is 3.25. The minimum Gasteiger partial charge on any atom is -0.353 e. The molecule has 1 saturated carbocycles. The van der Waals surface area contributed by atoms with Crippen LogP contribution >= 0.6 is 34.3 Å². The van der Waals surface area contributed by atoms with Crippen molar-refractivity contribution in [2.45, 2.75) is 6.42 Å². The summed E-state index contributed by atoms with van der Waals surface area (Å²) >= 11 is 8.81. The number of nitrogens with zero attached hydrogens (tertiary/aromatic N) is 5. The van der Waals surface area contributed by atoms with Gasteiger partial charge in [-0.25, -0.2) is 14.4 Å². The van der Waals surface area contributed by atoms with Crippen LogP contribution in [0.4, 0.5) is 10.2 Å². The summed E-state index contributed by atoms with van der Waals surface area (Å²) in [6, 6.07) is 1.91. The lowest BCUT2D eigenvalue weighted by Gasteiger charge is -2.21. The third-order valence-electron chi connectivity index (χ3n) is 6.09. The Labute approximate surface area is 183 Å². The van der Waals surface area contributed by atoms with Gasteiger partial charge in [-0.1, -0.05) is 0 Å². The first-order chi connectivity index (χ1) is 14.6. The number of piperidine rings is 1. The van der Waals surface area contributed by atoms with Gasteiger partial charge in [-0.15, -0.1) is 22.7 Å². The van der Waals surface area contributed by atoms with Crippen molar-refractivity contribution in [3.05, 3.63) is 39.8 Å². The largest absolute Gasteiger partial charge is 0.353 e. The topological polar surface area (TPSA) is 75.4 Å². The van der Waals surface area contributed by atoms with Crippen molar-refractivity contribution in [2.75, 3.05) is 24.5 Å². The van der Waals surface area contributed by atoms with Crippen molar-refractivity contribution in [1.29, 1.82) is 0 Å². The van der Waals surface area contributed by atoms with Gasteiger partial charge in [-0.2, -0.15) is 4.98 Å². The number of carbonyl (C=O) groups is 1. The summed E-state index contributed by atoms with van der Waals surface area (Å²) in [7, 11) is 0. The number of hydrogen-bond acceptors (Lipinski definition) is 7. The second-order valence-electron chi connectivity index (χ2n) is 7.72. The predicted octanol–water partition coefficient (Wildman–Crippen LogP) is 3.70. The summed E-state index contributed by atoms with van der Waals surface area (Å²) in [6.07, 6.45) is 4.02. The fraction of sp³-hybridized carbons (Fsp3) is 0.368. The number of rotatable bonds is 5. The van der Waals surface area contributed by atoms with Crippen LogP contribution in [0.15, 0.2) is 23.8 Å². The number of halogens is 2. The number of carbonyl (C=O) groups excluding carboxylic acids is 1. The van der Waals surface area contributed by atoms with E-state index in [9.17, 15) is 9.18 Å². The first-order valence-corrected chi connectivity index (χ1v) is 11.7. The lowest BCUT2D eigenvalue weighted by Crippen LogP contribution is -2.28. The molecule has 4 aromatic heterocycles. The van der Waals surface area contributed by atoms with E-state index >= 15 is 0 Å². The van der Waals surface area contributed by atoms with E-state index in [0.717, 1.165) is 41.0 Å². The highest BCUT2D eigenvalue weighted by molar-refractivity contribution is 7.21. The van der Waals surface area contributed by atoms with Crippen molar-refractivity contribution < 1.29 is 9.18 Å². The smallest absolute Gasteiger partial charge is 0.261 e. The lowest BCUT2D eigenvalue weighted by molar-refractivity contribution is 0.0956. The maximum atomic E-state index is 14.0. The van der Waals surface area contributed by atoms with Crippen LogP contribution in [0, 0.1) is 23.6 Å². The molecule has 1 aliphatic heterocycles. The van der Waals surface area contributed by atoms with Crippen molar-refractivity contribution in [2.24, 2.45) is 17.8 Å². The Balaban J connectivity index is 1.03. The van der Waals surface area contributed by atoms with Gasteiger partial charge >= 0.3 is 0 Å². The highest BCUT2D eigenvalue weighted by Crippen LogP contribution is 2.54. The van der Waals surface area contributed by atoms with E-state index in [-0.39, 0.29) is 17.0 Å². The average molecular weight is 463 g/mol. The molecule has 5 heterocycles. The van der Waals surface area contributed by atoms with Gasteiger partial charge in [0.2, 0.25) is 5.28 Å². The Morgan fingerprint density at radius 3 is 3.00 bits per heavy atom. The molecule has 1 aliphatic carbocycles. The van der Waals surface area contributed by atoms with Crippen LogP contribution in [-0.2, 0) is 0 Å². The van der Waals surface area contributed by atoms with E-state index in [1.165, 1.54) is 11.3 Å². The van der Waals surface area contributed by atoms with Gasteiger partial charge in [0.15, 0.2) is 16.6 Å². The number of thiazole rings is 1. The van der Waals surface area contributed by atoms with E-state index in [1.54, 1.807) is 11.3 Å². The van der Waals surface area contributed by atoms with Crippen molar-refractivity contribution in [3.63, 3.8) is 0 Å². The van der Waals surface area contributed by atoms with Gasteiger partial charge in [0.25, 0.3) is 5.91 Å². The Hall–Kier alpha value is -2.30. The van der Waals surface area contributed by atoms with Gasteiger partial charge in [-0.05, 0) is 41.8 Å². The SMILES string of the molecule is O=C(NCCC1C2CN(c3nc(Cl)ncc3F)CC12)c1cc2c(nc3sccn32)s1. The number of anilines is 1. The Kier molecular flexibility index (Phi) is 4.22. The number of nitrogens with one attached hydrogen (secondary N) is 1. The molecule has 7 nitrogen and oxygen atoms in total. The minimum absolute atomic E-state index is 0.0490. The number of aromatic nitrogens is 4. The van der Waals surface area contributed by atoms with Crippen LogP contribution in [0.5, 0.6) is 0 Å². The molecular weight excluding hydrogens is 447 g/mol. The van der Waals surface area contributed by atoms with Gasteiger partial charge < -0.3 is 10.2 Å². The zero-order chi connectivity index (χ0) is 20.4. The maximum absolute atomic E-state index is 14.0. The summed E-state index contributed by atoms with van der Waals surface area (Å²) in [5.41, 5.74) is 0.982. The quantitative estimate of drug-likeness (QED) is 0.458. The molecule has 154 valence electrons. The van der Waals surface area contributed by atoms with Crippen LogP contribution < -0.4 is 10.2 Å². The summed E-state index contributed by atoms with van der Waals surface area (Å²) in [6.45, 7) is 2.18. The molecule has 0 aromatic carbocycles. The maximum Gasteiger partial charge on any atom is 0.261 e. The third kappa shape index (κ3) is 2.97. The highest BCUT2D eigenvalue weighted by atomic mass is 35.5. The van der Waals surface area contributed by atoms with E-state index in [1.807, 2.05) is 26.9 Å². The van der Waals surface area contributed by atoms with Crippen LogP contribution in [0.3, 0.4) is 0 Å². The van der Waals surface area contributed by atoms with Crippen LogP contribution in [0.2, 0.25) is 5.28 Å². The number of fused-ring (bicyclic) bond motifs is 4. The van der Waals surface area contributed by atoms with E-state index in [0.29, 0.717) is 29.2 Å². The van der Waals surface area contributed by atoms with Gasteiger partial charge in [0.05, 0.1) is 16.6 Å². The molecule has 30 heavy (non-hydrogen) atoms. The molecule has 1 N–H and O–H groups in total. The van der Waals surface area contributed by atoms with Crippen molar-refractivity contribution in [1.82, 2.24) is 24.7 Å². The molecule has 2 atom stereocenters. The van der Waals surface area contributed by atoms with Crippen LogP contribution in [-0.4, -0.2) is 44.9 Å². The van der Waals surface area contributed by atoms with E-state index < -0.39 is 5.82 Å². The molecule has 6 rings (SSSR count). The molecule has 4 aromatic rings. The van der Waals surface area contributed by atoms with Crippen molar-refractivity contribution >= 4 is 61.3 Å². The molecule has 2 fully saturated rings. The molecule has 1 amide bonds. The molecule has 0 bridgehead atoms. The minimum atomic E-state index is -0.438.